The summed E-state index contributed by atoms with van der Waals surface area (Å²) in [7, 11) is 0. The van der Waals surface area contributed by atoms with Crippen molar-refractivity contribution in [3.05, 3.63) is 72.3 Å². The Labute approximate surface area is 171 Å². The van der Waals surface area contributed by atoms with Crippen molar-refractivity contribution in [2.45, 2.75) is 28.0 Å². The topological polar surface area (TPSA) is 50.3 Å². The van der Waals surface area contributed by atoms with E-state index in [0.29, 0.717) is 26.1 Å². The summed E-state index contributed by atoms with van der Waals surface area (Å²) < 4.78 is 21.9. The van der Waals surface area contributed by atoms with Gasteiger partial charge in [-0.2, -0.15) is 5.26 Å². The van der Waals surface area contributed by atoms with Crippen LogP contribution < -0.4 is 0 Å². The summed E-state index contributed by atoms with van der Waals surface area (Å²) in [5, 5.41) is 10.9. The van der Waals surface area contributed by atoms with Gasteiger partial charge in [-0.25, -0.2) is 9.37 Å². The first-order valence-electron chi connectivity index (χ1n) is 9.51. The molecule has 2 aromatic heterocycles. The zero-order valence-corrected chi connectivity index (χ0v) is 16.5. The summed E-state index contributed by atoms with van der Waals surface area (Å²) in [6, 6.07) is 17.6. The van der Waals surface area contributed by atoms with E-state index in [-0.39, 0.29) is 5.82 Å². The van der Waals surface area contributed by atoms with Crippen LogP contribution in [0.3, 0.4) is 0 Å². The molecule has 0 amide bonds. The van der Waals surface area contributed by atoms with Gasteiger partial charge in [0.1, 0.15) is 11.5 Å². The van der Waals surface area contributed by atoms with Gasteiger partial charge in [0, 0.05) is 35.4 Å². The molecule has 0 aliphatic carbocycles. The highest BCUT2D eigenvalue weighted by Crippen LogP contribution is 2.38. The summed E-state index contributed by atoms with van der Waals surface area (Å²) >= 11 is 1.51. The Morgan fingerprint density at radius 3 is 2.76 bits per heavy atom. The maximum Gasteiger partial charge on any atom is 0.137 e. The van der Waals surface area contributed by atoms with Gasteiger partial charge < -0.3 is 4.74 Å². The molecule has 6 heteroatoms. The Balaban J connectivity index is 1.51. The first kappa shape index (κ1) is 18.2. The fraction of sp³-hybridized carbons (Fsp3) is 0.217. The van der Waals surface area contributed by atoms with Gasteiger partial charge in [0.15, 0.2) is 0 Å². The summed E-state index contributed by atoms with van der Waals surface area (Å²) in [4.78, 5) is 6.13. The Morgan fingerprint density at radius 2 is 1.93 bits per heavy atom. The highest BCUT2D eigenvalue weighted by Gasteiger charge is 2.35. The average Bonchev–Trinajstić information content (AvgIpc) is 3.23. The molecule has 1 aliphatic rings. The molecule has 0 radical (unpaired) electrons. The second-order valence-electron chi connectivity index (χ2n) is 7.29. The number of hydrogen-bond acceptors (Lipinski definition) is 4. The first-order valence-corrected chi connectivity index (χ1v) is 10.3. The van der Waals surface area contributed by atoms with Crippen molar-refractivity contribution in [1.82, 2.24) is 9.38 Å². The van der Waals surface area contributed by atoms with E-state index in [1.807, 2.05) is 34.9 Å². The highest BCUT2D eigenvalue weighted by atomic mass is 32.2. The van der Waals surface area contributed by atoms with Crippen molar-refractivity contribution in [1.29, 1.82) is 5.26 Å². The zero-order chi connectivity index (χ0) is 19.8. The van der Waals surface area contributed by atoms with Crippen LogP contribution >= 0.6 is 11.8 Å². The maximum absolute atomic E-state index is 14.4. The Hall–Kier alpha value is -2.88. The molecule has 4 nitrogen and oxygen atoms in total. The number of hydrogen-bond donors (Lipinski definition) is 0. The van der Waals surface area contributed by atoms with E-state index in [4.69, 9.17) is 4.74 Å². The van der Waals surface area contributed by atoms with Gasteiger partial charge >= 0.3 is 0 Å². The van der Waals surface area contributed by atoms with Crippen molar-refractivity contribution in [2.75, 3.05) is 13.2 Å². The van der Waals surface area contributed by atoms with E-state index in [1.54, 1.807) is 6.20 Å². The molecule has 3 heterocycles. The monoisotopic (exact) mass is 403 g/mol. The molecular weight excluding hydrogens is 385 g/mol. The van der Waals surface area contributed by atoms with E-state index in [9.17, 15) is 9.65 Å². The van der Waals surface area contributed by atoms with Crippen molar-refractivity contribution >= 4 is 28.3 Å². The molecule has 2 aromatic carbocycles. The lowest BCUT2D eigenvalue weighted by Crippen LogP contribution is -2.32. The summed E-state index contributed by atoms with van der Waals surface area (Å²) in [5.41, 5.74) is 2.05. The second kappa shape index (κ2) is 7.18. The van der Waals surface area contributed by atoms with Crippen LogP contribution in [-0.2, 0) is 10.2 Å². The number of halogens is 1. The van der Waals surface area contributed by atoms with Crippen LogP contribution in [0.5, 0.6) is 0 Å². The van der Waals surface area contributed by atoms with Gasteiger partial charge in [0.25, 0.3) is 0 Å². The molecule has 0 atom stereocenters. The molecule has 0 N–H and O–H groups in total. The number of rotatable bonds is 3. The lowest BCUT2D eigenvalue weighted by atomic mass is 9.75. The fourth-order valence-corrected chi connectivity index (χ4v) is 4.93. The predicted molar refractivity (Wildman–Crippen MR) is 111 cm³/mol. The number of aromatic nitrogens is 2. The minimum absolute atomic E-state index is 0.313. The van der Waals surface area contributed by atoms with Crippen LogP contribution in [0.4, 0.5) is 4.39 Å². The van der Waals surface area contributed by atoms with Crippen molar-refractivity contribution in [3.8, 4) is 6.07 Å². The third-order valence-corrected chi connectivity index (χ3v) is 6.52. The van der Waals surface area contributed by atoms with E-state index in [0.717, 1.165) is 31.9 Å². The van der Waals surface area contributed by atoms with Crippen molar-refractivity contribution in [3.63, 3.8) is 0 Å². The third-order valence-electron chi connectivity index (χ3n) is 5.56. The molecule has 0 bridgehead atoms. The van der Waals surface area contributed by atoms with Gasteiger partial charge in [-0.1, -0.05) is 11.8 Å². The molecule has 0 unspecified atom stereocenters. The van der Waals surface area contributed by atoms with Gasteiger partial charge in [-0.05, 0) is 72.3 Å². The number of nitriles is 1. The SMILES string of the molecule is N#CC1(c2cc(F)cc(Sc3ccc4c(ccc5nccn54)c3)c2)CCOCC1. The lowest BCUT2D eigenvalue weighted by Gasteiger charge is -2.31. The van der Waals surface area contributed by atoms with Crippen molar-refractivity contribution in [2.24, 2.45) is 0 Å². The quantitative estimate of drug-likeness (QED) is 0.463. The molecule has 0 spiro atoms. The lowest BCUT2D eigenvalue weighted by molar-refractivity contribution is 0.0674. The molecule has 0 saturated carbocycles. The standard InChI is InChI=1S/C23H18FN3OS/c24-18-12-17(23(15-25)5-9-28-10-6-23)13-20(14-18)29-19-2-3-21-16(11-19)1-4-22-26-7-8-27(21)22/h1-4,7-8,11-14H,5-6,9-10H2. The third kappa shape index (κ3) is 3.27. The van der Waals surface area contributed by atoms with E-state index in [2.05, 4.69) is 23.2 Å². The fourth-order valence-electron chi connectivity index (χ4n) is 3.97. The van der Waals surface area contributed by atoms with Gasteiger partial charge in [-0.15, -0.1) is 0 Å². The number of pyridine rings is 1. The average molecular weight is 403 g/mol. The summed E-state index contributed by atoms with van der Waals surface area (Å²) in [5.74, 6) is -0.313. The molecule has 29 heavy (non-hydrogen) atoms. The van der Waals surface area contributed by atoms with Crippen LogP contribution in [0.1, 0.15) is 18.4 Å². The number of fused-ring (bicyclic) bond motifs is 3. The molecule has 1 fully saturated rings. The molecule has 4 aromatic rings. The van der Waals surface area contributed by atoms with Crippen LogP contribution in [0.25, 0.3) is 16.6 Å². The minimum Gasteiger partial charge on any atom is -0.381 e. The molecule has 5 rings (SSSR count). The van der Waals surface area contributed by atoms with Crippen LogP contribution in [0.15, 0.2) is 70.7 Å². The summed E-state index contributed by atoms with van der Waals surface area (Å²) in [6.07, 6.45) is 4.91. The summed E-state index contributed by atoms with van der Waals surface area (Å²) in [6.45, 7) is 1.06. The Morgan fingerprint density at radius 1 is 1.07 bits per heavy atom. The second-order valence-corrected chi connectivity index (χ2v) is 8.44. The Kier molecular flexibility index (Phi) is 4.50. The number of nitrogens with zero attached hydrogens (tertiary/aromatic N) is 3. The Bertz CT molecular complexity index is 1250. The minimum atomic E-state index is -0.675. The van der Waals surface area contributed by atoms with E-state index < -0.39 is 5.41 Å². The highest BCUT2D eigenvalue weighted by molar-refractivity contribution is 7.99. The smallest absolute Gasteiger partial charge is 0.137 e. The normalized spacial score (nSPS) is 16.1. The molecular formula is C23H18FN3OS. The van der Waals surface area contributed by atoms with Crippen LogP contribution in [0, 0.1) is 17.1 Å². The maximum atomic E-state index is 14.4. The predicted octanol–water partition coefficient (Wildman–Crippen LogP) is 5.35. The van der Waals surface area contributed by atoms with Crippen LogP contribution in [0.2, 0.25) is 0 Å². The number of imidazole rings is 1. The zero-order valence-electron chi connectivity index (χ0n) is 15.6. The van der Waals surface area contributed by atoms with E-state index >= 15 is 0 Å². The molecule has 144 valence electrons. The number of ether oxygens (including phenoxy) is 1. The largest absolute Gasteiger partial charge is 0.381 e. The van der Waals surface area contributed by atoms with E-state index in [1.165, 1.54) is 23.9 Å². The van der Waals surface area contributed by atoms with Gasteiger partial charge in [0.05, 0.1) is 17.0 Å². The molecule has 1 aliphatic heterocycles. The van der Waals surface area contributed by atoms with Crippen molar-refractivity contribution < 1.29 is 9.13 Å². The van der Waals surface area contributed by atoms with Gasteiger partial charge in [0.2, 0.25) is 0 Å². The number of benzene rings is 2. The first-order chi connectivity index (χ1) is 14.2. The van der Waals surface area contributed by atoms with Crippen LogP contribution in [-0.4, -0.2) is 22.6 Å². The molecule has 1 saturated heterocycles. The van der Waals surface area contributed by atoms with Gasteiger partial charge in [-0.3, -0.25) is 4.40 Å².